The molecule has 0 aromatic heterocycles. The number of aliphatic hydroxyl groups excluding tert-OH is 1. The fraction of sp³-hybridized carbons (Fsp3) is 0.750. The molecule has 1 heterocycles. The fourth-order valence-electron chi connectivity index (χ4n) is 2.49. The fourth-order valence-corrected chi connectivity index (χ4v) is 2.49. The van der Waals surface area contributed by atoms with E-state index in [2.05, 4.69) is 0 Å². The molecule has 1 N–H and O–H groups in total. The Bertz CT molecular complexity index is 546. The van der Waals surface area contributed by atoms with E-state index in [1.165, 1.54) is 6.92 Å². The summed E-state index contributed by atoms with van der Waals surface area (Å²) in [6.07, 6.45) is -6.14. The van der Waals surface area contributed by atoms with Crippen molar-refractivity contribution in [1.29, 1.82) is 0 Å². The van der Waals surface area contributed by atoms with Gasteiger partial charge in [-0.05, 0) is 0 Å². The lowest BCUT2D eigenvalue weighted by Gasteiger charge is -2.43. The average molecular weight is 392 g/mol. The third kappa shape index (κ3) is 7.49. The lowest BCUT2D eigenvalue weighted by Crippen LogP contribution is -2.63. The van der Waals surface area contributed by atoms with Gasteiger partial charge in [-0.2, -0.15) is 0 Å². The molecule has 0 aliphatic carbocycles. The maximum Gasteiger partial charge on any atom is 0.303 e. The standard InChI is InChI=1S/C16H24O11/c1-8(18)23-7-12-13(24-9(2)19)14(25-10(3)20)15(26-11(4)21)16(27-12)22-6-5-17/h12-17H,5-7H2,1-4H3/t12-,13-,14+,15-,16+/m1/s1. The van der Waals surface area contributed by atoms with Gasteiger partial charge in [0.2, 0.25) is 0 Å². The first-order valence-electron chi connectivity index (χ1n) is 8.18. The molecule has 0 radical (unpaired) electrons. The van der Waals surface area contributed by atoms with Crippen molar-refractivity contribution in [1.82, 2.24) is 0 Å². The topological polar surface area (TPSA) is 144 Å². The molecule has 11 nitrogen and oxygen atoms in total. The van der Waals surface area contributed by atoms with Gasteiger partial charge in [-0.25, -0.2) is 0 Å². The van der Waals surface area contributed by atoms with E-state index < -0.39 is 54.6 Å². The van der Waals surface area contributed by atoms with E-state index in [0.29, 0.717) is 0 Å². The van der Waals surface area contributed by atoms with Crippen molar-refractivity contribution in [2.24, 2.45) is 0 Å². The molecule has 0 unspecified atom stereocenters. The maximum absolute atomic E-state index is 11.6. The molecule has 0 amide bonds. The second kappa shape index (κ2) is 10.8. The number of esters is 4. The van der Waals surface area contributed by atoms with Crippen molar-refractivity contribution in [3.8, 4) is 0 Å². The van der Waals surface area contributed by atoms with Gasteiger partial charge in [0.25, 0.3) is 0 Å². The van der Waals surface area contributed by atoms with Crippen LogP contribution in [-0.2, 0) is 47.6 Å². The quantitative estimate of drug-likeness (QED) is 0.404. The summed E-state index contributed by atoms with van der Waals surface area (Å²) in [6, 6.07) is 0. The van der Waals surface area contributed by atoms with Crippen LogP contribution in [0.1, 0.15) is 27.7 Å². The van der Waals surface area contributed by atoms with Crippen LogP contribution in [0, 0.1) is 0 Å². The van der Waals surface area contributed by atoms with Crippen molar-refractivity contribution in [2.45, 2.75) is 58.4 Å². The summed E-state index contributed by atoms with van der Waals surface area (Å²) in [5, 5.41) is 8.98. The lowest BCUT2D eigenvalue weighted by molar-refractivity contribution is -0.308. The summed E-state index contributed by atoms with van der Waals surface area (Å²) in [4.78, 5) is 45.7. The van der Waals surface area contributed by atoms with Crippen LogP contribution >= 0.6 is 0 Å². The van der Waals surface area contributed by atoms with E-state index in [4.69, 9.17) is 33.5 Å². The van der Waals surface area contributed by atoms with E-state index in [1.54, 1.807) is 0 Å². The molecule has 1 aliphatic heterocycles. The molecular formula is C16H24O11. The van der Waals surface area contributed by atoms with Gasteiger partial charge in [0.05, 0.1) is 13.2 Å². The Morgan fingerprint density at radius 1 is 0.815 bits per heavy atom. The normalized spacial score (nSPS) is 27.4. The molecule has 1 aliphatic rings. The van der Waals surface area contributed by atoms with E-state index in [-0.39, 0.29) is 19.8 Å². The van der Waals surface area contributed by atoms with Crippen LogP contribution < -0.4 is 0 Å². The highest BCUT2D eigenvalue weighted by Crippen LogP contribution is 2.29. The average Bonchev–Trinajstić information content (AvgIpc) is 2.54. The first-order chi connectivity index (χ1) is 12.6. The molecule has 0 aromatic rings. The van der Waals surface area contributed by atoms with Crippen LogP contribution in [0.4, 0.5) is 0 Å². The van der Waals surface area contributed by atoms with Crippen LogP contribution in [0.25, 0.3) is 0 Å². The number of ether oxygens (including phenoxy) is 6. The summed E-state index contributed by atoms with van der Waals surface area (Å²) in [5.74, 6) is -2.79. The van der Waals surface area contributed by atoms with Gasteiger partial charge >= 0.3 is 23.9 Å². The Hall–Kier alpha value is -2.24. The van der Waals surface area contributed by atoms with Crippen molar-refractivity contribution in [2.75, 3.05) is 19.8 Å². The smallest absolute Gasteiger partial charge is 0.303 e. The maximum atomic E-state index is 11.6. The third-order valence-electron chi connectivity index (χ3n) is 3.32. The van der Waals surface area contributed by atoms with Gasteiger partial charge in [-0.1, -0.05) is 0 Å². The molecule has 0 saturated carbocycles. The summed E-state index contributed by atoms with van der Waals surface area (Å²) in [6.45, 7) is 3.68. The number of carbonyl (C=O) groups excluding carboxylic acids is 4. The molecule has 0 spiro atoms. The Labute approximate surface area is 155 Å². The summed E-state index contributed by atoms with van der Waals surface area (Å²) in [5.41, 5.74) is 0. The Kier molecular flexibility index (Phi) is 9.12. The third-order valence-corrected chi connectivity index (χ3v) is 3.32. The van der Waals surface area contributed by atoms with Crippen LogP contribution in [0.5, 0.6) is 0 Å². The van der Waals surface area contributed by atoms with Gasteiger partial charge in [0.15, 0.2) is 24.6 Å². The molecule has 27 heavy (non-hydrogen) atoms. The molecular weight excluding hydrogens is 368 g/mol. The van der Waals surface area contributed by atoms with Crippen LogP contribution in [-0.4, -0.2) is 79.5 Å². The number of rotatable bonds is 8. The Balaban J connectivity index is 3.22. The zero-order valence-electron chi connectivity index (χ0n) is 15.5. The minimum absolute atomic E-state index is 0.173. The molecule has 1 saturated heterocycles. The minimum atomic E-state index is -1.28. The number of hydrogen-bond donors (Lipinski definition) is 1. The van der Waals surface area contributed by atoms with Gasteiger partial charge in [-0.3, -0.25) is 19.2 Å². The van der Waals surface area contributed by atoms with Gasteiger partial charge in [0.1, 0.15) is 12.7 Å². The van der Waals surface area contributed by atoms with E-state index in [1.807, 2.05) is 0 Å². The van der Waals surface area contributed by atoms with Crippen molar-refractivity contribution in [3.63, 3.8) is 0 Å². The highest BCUT2D eigenvalue weighted by Gasteiger charge is 2.52. The molecule has 154 valence electrons. The second-order valence-corrected chi connectivity index (χ2v) is 5.66. The Morgan fingerprint density at radius 3 is 1.81 bits per heavy atom. The SMILES string of the molecule is CC(=O)OC[C@H]1O[C@H](OCCO)[C@H](OC(C)=O)[C@@H](OC(C)=O)[C@@H]1OC(C)=O. The minimum Gasteiger partial charge on any atom is -0.463 e. The second-order valence-electron chi connectivity index (χ2n) is 5.66. The van der Waals surface area contributed by atoms with E-state index in [0.717, 1.165) is 20.8 Å². The predicted molar refractivity (Wildman–Crippen MR) is 85.0 cm³/mol. The van der Waals surface area contributed by atoms with Crippen molar-refractivity contribution >= 4 is 23.9 Å². The molecule has 1 fully saturated rings. The van der Waals surface area contributed by atoms with Crippen molar-refractivity contribution in [3.05, 3.63) is 0 Å². The number of carbonyl (C=O) groups is 4. The molecule has 1 rings (SSSR count). The zero-order chi connectivity index (χ0) is 20.6. The monoisotopic (exact) mass is 392 g/mol. The molecule has 0 bridgehead atoms. The van der Waals surface area contributed by atoms with Gasteiger partial charge < -0.3 is 33.5 Å². The Morgan fingerprint density at radius 2 is 1.33 bits per heavy atom. The van der Waals surface area contributed by atoms with Crippen LogP contribution in [0.3, 0.4) is 0 Å². The number of hydrogen-bond acceptors (Lipinski definition) is 11. The predicted octanol–water partition coefficient (Wildman–Crippen LogP) is -0.922. The first kappa shape index (κ1) is 22.8. The largest absolute Gasteiger partial charge is 0.463 e. The molecule has 5 atom stereocenters. The highest BCUT2D eigenvalue weighted by molar-refractivity contribution is 5.68. The summed E-state index contributed by atoms with van der Waals surface area (Å²) in [7, 11) is 0. The van der Waals surface area contributed by atoms with Gasteiger partial charge in [-0.15, -0.1) is 0 Å². The molecule has 11 heteroatoms. The molecule has 0 aromatic carbocycles. The highest BCUT2D eigenvalue weighted by atomic mass is 16.7. The van der Waals surface area contributed by atoms with Crippen LogP contribution in [0.15, 0.2) is 0 Å². The van der Waals surface area contributed by atoms with Crippen molar-refractivity contribution < 1.29 is 52.7 Å². The number of aliphatic hydroxyl groups is 1. The van der Waals surface area contributed by atoms with E-state index in [9.17, 15) is 19.2 Å². The van der Waals surface area contributed by atoms with Gasteiger partial charge in [0, 0.05) is 27.7 Å². The lowest BCUT2D eigenvalue weighted by atomic mass is 9.98. The first-order valence-corrected chi connectivity index (χ1v) is 8.18. The summed E-state index contributed by atoms with van der Waals surface area (Å²) >= 11 is 0. The summed E-state index contributed by atoms with van der Waals surface area (Å²) < 4.78 is 31.4. The van der Waals surface area contributed by atoms with Crippen LogP contribution in [0.2, 0.25) is 0 Å². The zero-order valence-corrected chi connectivity index (χ0v) is 15.5. The van der Waals surface area contributed by atoms with E-state index >= 15 is 0 Å².